The van der Waals surface area contributed by atoms with Crippen molar-refractivity contribution >= 4 is 16.8 Å². The van der Waals surface area contributed by atoms with Crippen LogP contribution in [-0.2, 0) is 0 Å². The second-order valence-corrected chi connectivity index (χ2v) is 5.40. The van der Waals surface area contributed by atoms with E-state index in [1.54, 1.807) is 0 Å². The Morgan fingerprint density at radius 3 is 2.18 bits per heavy atom. The normalized spacial score (nSPS) is 29.3. The summed E-state index contributed by atoms with van der Waals surface area (Å²) in [6.45, 7) is 11.1. The second kappa shape index (κ2) is 2.81. The minimum Gasteiger partial charge on any atom is -0.276 e. The highest BCUT2D eigenvalue weighted by Crippen LogP contribution is 2.39. The van der Waals surface area contributed by atoms with Crippen LogP contribution in [0.4, 0.5) is 0 Å². The summed E-state index contributed by atoms with van der Waals surface area (Å²) in [5.74, 6) is 0.719. The zero-order valence-corrected chi connectivity index (χ0v) is 8.83. The third-order valence-electron chi connectivity index (χ3n) is 2.04. The molecule has 2 heteroatoms. The average molecular weight is 171 g/mol. The molecule has 0 saturated carbocycles. The summed E-state index contributed by atoms with van der Waals surface area (Å²) in [5.41, 5.74) is 0.156. The van der Waals surface area contributed by atoms with Crippen molar-refractivity contribution < 1.29 is 0 Å². The molecular weight excluding hydrogens is 154 g/mol. The maximum atomic E-state index is 4.60. The van der Waals surface area contributed by atoms with Gasteiger partial charge in [-0.15, -0.1) is 11.8 Å². The van der Waals surface area contributed by atoms with Crippen molar-refractivity contribution in [3.8, 4) is 0 Å². The van der Waals surface area contributed by atoms with E-state index in [0.29, 0.717) is 5.25 Å². The van der Waals surface area contributed by atoms with Crippen molar-refractivity contribution in [2.45, 2.75) is 45.4 Å². The van der Waals surface area contributed by atoms with Gasteiger partial charge in [-0.25, -0.2) is 0 Å². The molecule has 0 N–H and O–H groups in total. The molecular formula is C9H17NS. The Balaban J connectivity index is 2.76. The summed E-state index contributed by atoms with van der Waals surface area (Å²) >= 11 is 1.93. The van der Waals surface area contributed by atoms with Gasteiger partial charge in [-0.1, -0.05) is 13.8 Å². The molecule has 0 radical (unpaired) electrons. The molecule has 1 unspecified atom stereocenters. The molecule has 1 aliphatic heterocycles. The van der Waals surface area contributed by atoms with Gasteiger partial charge in [0.25, 0.3) is 0 Å². The van der Waals surface area contributed by atoms with Gasteiger partial charge in [0.05, 0.1) is 10.6 Å². The topological polar surface area (TPSA) is 12.4 Å². The summed E-state index contributed by atoms with van der Waals surface area (Å²) in [4.78, 5) is 4.60. The summed E-state index contributed by atoms with van der Waals surface area (Å²) in [6.07, 6.45) is 0. The molecule has 11 heavy (non-hydrogen) atoms. The van der Waals surface area contributed by atoms with Crippen LogP contribution in [-0.4, -0.2) is 15.8 Å². The number of nitrogens with zero attached hydrogens (tertiary/aromatic N) is 1. The maximum absolute atomic E-state index is 4.60. The molecule has 0 saturated heterocycles. The van der Waals surface area contributed by atoms with E-state index >= 15 is 0 Å². The first kappa shape index (κ1) is 9.11. The Hall–Kier alpha value is 0.0200. The van der Waals surface area contributed by atoms with E-state index in [9.17, 15) is 0 Å². The van der Waals surface area contributed by atoms with Gasteiger partial charge in [-0.2, -0.15) is 0 Å². The van der Waals surface area contributed by atoms with Crippen molar-refractivity contribution in [3.05, 3.63) is 0 Å². The molecule has 1 rings (SSSR count). The first-order valence-corrected chi connectivity index (χ1v) is 5.04. The van der Waals surface area contributed by atoms with Crippen LogP contribution in [0, 0.1) is 5.92 Å². The maximum Gasteiger partial charge on any atom is 0.0685 e. The molecule has 1 aliphatic rings. The van der Waals surface area contributed by atoms with Gasteiger partial charge in [0.2, 0.25) is 0 Å². The molecule has 1 atom stereocenters. The van der Waals surface area contributed by atoms with Gasteiger partial charge in [-0.3, -0.25) is 4.99 Å². The third kappa shape index (κ3) is 1.78. The predicted molar refractivity (Wildman–Crippen MR) is 53.4 cm³/mol. The zero-order valence-electron chi connectivity index (χ0n) is 8.01. The smallest absolute Gasteiger partial charge is 0.0685 e. The summed E-state index contributed by atoms with van der Waals surface area (Å²) < 4.78 is 0. The standard InChI is InChI=1S/C9H17NS/c1-6(2)8-9(4,5)10-7(3)11-8/h6,8H,1-5H3. The largest absolute Gasteiger partial charge is 0.276 e. The van der Waals surface area contributed by atoms with Crippen molar-refractivity contribution in [1.82, 2.24) is 0 Å². The molecule has 0 aromatic heterocycles. The molecule has 0 amide bonds. The van der Waals surface area contributed by atoms with Crippen LogP contribution in [0.1, 0.15) is 34.6 Å². The Bertz CT molecular complexity index is 182. The van der Waals surface area contributed by atoms with Gasteiger partial charge < -0.3 is 0 Å². The zero-order chi connectivity index (χ0) is 8.65. The lowest BCUT2D eigenvalue weighted by Crippen LogP contribution is -2.32. The highest BCUT2D eigenvalue weighted by Gasteiger charge is 2.37. The highest BCUT2D eigenvalue weighted by molar-refractivity contribution is 8.14. The predicted octanol–water partition coefficient (Wildman–Crippen LogP) is 2.95. The summed E-state index contributed by atoms with van der Waals surface area (Å²) in [6, 6.07) is 0. The first-order chi connectivity index (χ1) is 4.93. The molecule has 1 nitrogen and oxygen atoms in total. The van der Waals surface area contributed by atoms with Crippen LogP contribution < -0.4 is 0 Å². The molecule has 1 heterocycles. The summed E-state index contributed by atoms with van der Waals surface area (Å²) in [7, 11) is 0. The Kier molecular flexibility index (Phi) is 2.33. The van der Waals surface area contributed by atoms with E-state index in [1.165, 1.54) is 5.04 Å². The van der Waals surface area contributed by atoms with Crippen LogP contribution in [0.15, 0.2) is 4.99 Å². The van der Waals surface area contributed by atoms with Crippen LogP contribution >= 0.6 is 11.8 Å². The summed E-state index contributed by atoms with van der Waals surface area (Å²) in [5, 5.41) is 1.91. The Morgan fingerprint density at radius 2 is 2.00 bits per heavy atom. The quantitative estimate of drug-likeness (QED) is 0.591. The van der Waals surface area contributed by atoms with Crippen LogP contribution in [0.3, 0.4) is 0 Å². The van der Waals surface area contributed by atoms with Gasteiger partial charge in [0.15, 0.2) is 0 Å². The lowest BCUT2D eigenvalue weighted by atomic mass is 9.93. The Labute approximate surface area is 73.7 Å². The lowest BCUT2D eigenvalue weighted by molar-refractivity contribution is 0.427. The van der Waals surface area contributed by atoms with Crippen molar-refractivity contribution in [2.75, 3.05) is 0 Å². The van der Waals surface area contributed by atoms with Crippen molar-refractivity contribution in [2.24, 2.45) is 10.9 Å². The van der Waals surface area contributed by atoms with Crippen LogP contribution in [0.25, 0.3) is 0 Å². The fourth-order valence-corrected chi connectivity index (χ4v) is 3.04. The van der Waals surface area contributed by atoms with E-state index in [1.807, 2.05) is 11.8 Å². The second-order valence-electron chi connectivity index (χ2n) is 4.07. The molecule has 64 valence electrons. The minimum absolute atomic E-state index is 0.156. The van der Waals surface area contributed by atoms with E-state index in [-0.39, 0.29) is 5.54 Å². The molecule has 0 aromatic rings. The lowest BCUT2D eigenvalue weighted by Gasteiger charge is -2.26. The van der Waals surface area contributed by atoms with Crippen LogP contribution in [0.5, 0.6) is 0 Å². The Morgan fingerprint density at radius 1 is 1.45 bits per heavy atom. The fraction of sp³-hybridized carbons (Fsp3) is 0.889. The average Bonchev–Trinajstić information content (AvgIpc) is 2.04. The van der Waals surface area contributed by atoms with Crippen molar-refractivity contribution in [3.63, 3.8) is 0 Å². The van der Waals surface area contributed by atoms with E-state index in [2.05, 4.69) is 39.6 Å². The molecule has 0 aromatic carbocycles. The molecule has 0 bridgehead atoms. The van der Waals surface area contributed by atoms with Crippen LogP contribution in [0.2, 0.25) is 0 Å². The first-order valence-electron chi connectivity index (χ1n) is 4.16. The molecule has 0 fully saturated rings. The highest BCUT2D eigenvalue weighted by atomic mass is 32.2. The minimum atomic E-state index is 0.156. The van der Waals surface area contributed by atoms with Crippen molar-refractivity contribution in [1.29, 1.82) is 0 Å². The number of rotatable bonds is 1. The monoisotopic (exact) mass is 171 g/mol. The van der Waals surface area contributed by atoms with E-state index in [4.69, 9.17) is 0 Å². The number of thioether (sulfide) groups is 1. The van der Waals surface area contributed by atoms with E-state index < -0.39 is 0 Å². The number of hydrogen-bond donors (Lipinski definition) is 0. The van der Waals surface area contributed by atoms with Gasteiger partial charge >= 0.3 is 0 Å². The fourth-order valence-electron chi connectivity index (χ4n) is 1.78. The molecule has 0 aliphatic carbocycles. The van der Waals surface area contributed by atoms with Gasteiger partial charge in [-0.05, 0) is 26.7 Å². The van der Waals surface area contributed by atoms with E-state index in [0.717, 1.165) is 5.92 Å². The molecule has 0 spiro atoms. The SMILES string of the molecule is CC1=NC(C)(C)C(C(C)C)S1. The number of aliphatic imine (C=N–C) groups is 1. The third-order valence-corrected chi connectivity index (χ3v) is 3.85. The van der Waals surface area contributed by atoms with Gasteiger partial charge in [0.1, 0.15) is 0 Å². The number of hydrogen-bond acceptors (Lipinski definition) is 2. The van der Waals surface area contributed by atoms with Gasteiger partial charge in [0, 0.05) is 5.25 Å².